The number of hydrogen-bond donors (Lipinski definition) is 1. The molecule has 0 aliphatic carbocycles. The number of benzene rings is 1. The first kappa shape index (κ1) is 16.8. The van der Waals surface area contributed by atoms with Gasteiger partial charge < -0.3 is 14.7 Å². The predicted molar refractivity (Wildman–Crippen MR) is 85.8 cm³/mol. The number of hydrogen-bond acceptors (Lipinski definition) is 3. The molecule has 0 fully saturated rings. The first-order valence-corrected chi connectivity index (χ1v) is 7.95. The van der Waals surface area contributed by atoms with Crippen molar-refractivity contribution in [3.8, 4) is 5.75 Å². The summed E-state index contributed by atoms with van der Waals surface area (Å²) < 4.78 is 6.28. The molecule has 1 aliphatic heterocycles. The molecule has 0 bridgehead atoms. The molecule has 0 radical (unpaired) electrons. The summed E-state index contributed by atoms with van der Waals surface area (Å²) in [5.74, 6) is -0.978. The molecule has 0 saturated carbocycles. The number of amides is 1. The summed E-state index contributed by atoms with van der Waals surface area (Å²) in [5, 5.41) is 8.97. The maximum Gasteiger partial charge on any atom is 0.306 e. The van der Waals surface area contributed by atoms with Gasteiger partial charge in [-0.15, -0.1) is 0 Å². The maximum absolute atomic E-state index is 12.4. The highest BCUT2D eigenvalue weighted by Gasteiger charge is 2.35. The second kappa shape index (κ2) is 6.28. The number of rotatable bonds is 4. The van der Waals surface area contributed by atoms with E-state index in [1.807, 2.05) is 19.9 Å². The SMILES string of the molecule is COc1cc(Br)c2c(c1C)CN(C(=O)C[C@H](C)C(=O)O)C2C. The molecule has 120 valence electrons. The molecule has 1 heterocycles. The lowest BCUT2D eigenvalue weighted by Crippen LogP contribution is -2.30. The number of methoxy groups -OCH3 is 1. The van der Waals surface area contributed by atoms with E-state index in [-0.39, 0.29) is 18.4 Å². The number of halogens is 1. The zero-order valence-electron chi connectivity index (χ0n) is 13.1. The first-order chi connectivity index (χ1) is 10.3. The Morgan fingerprint density at radius 2 is 2.18 bits per heavy atom. The second-order valence-corrected chi connectivity index (χ2v) is 6.57. The molecule has 22 heavy (non-hydrogen) atoms. The van der Waals surface area contributed by atoms with Crippen LogP contribution in [-0.2, 0) is 16.1 Å². The highest BCUT2D eigenvalue weighted by atomic mass is 79.9. The van der Waals surface area contributed by atoms with E-state index in [1.165, 1.54) is 0 Å². The molecule has 1 aromatic carbocycles. The highest BCUT2D eigenvalue weighted by molar-refractivity contribution is 9.10. The Morgan fingerprint density at radius 1 is 1.55 bits per heavy atom. The van der Waals surface area contributed by atoms with Crippen molar-refractivity contribution in [1.82, 2.24) is 4.90 Å². The number of ether oxygens (including phenoxy) is 1. The van der Waals surface area contributed by atoms with E-state index >= 15 is 0 Å². The van der Waals surface area contributed by atoms with Crippen molar-refractivity contribution in [1.29, 1.82) is 0 Å². The normalized spacial score (nSPS) is 18.0. The van der Waals surface area contributed by atoms with Crippen LogP contribution in [0.4, 0.5) is 0 Å². The van der Waals surface area contributed by atoms with Crippen LogP contribution < -0.4 is 4.74 Å². The molecule has 1 amide bonds. The Morgan fingerprint density at radius 3 is 2.73 bits per heavy atom. The van der Waals surface area contributed by atoms with Crippen molar-refractivity contribution < 1.29 is 19.4 Å². The van der Waals surface area contributed by atoms with Crippen LogP contribution in [0.2, 0.25) is 0 Å². The lowest BCUT2D eigenvalue weighted by Gasteiger charge is -2.23. The maximum atomic E-state index is 12.4. The number of fused-ring (bicyclic) bond motifs is 1. The van der Waals surface area contributed by atoms with Crippen molar-refractivity contribution in [3.05, 3.63) is 27.2 Å². The van der Waals surface area contributed by atoms with Gasteiger partial charge in [0.1, 0.15) is 5.75 Å². The van der Waals surface area contributed by atoms with Crippen LogP contribution in [-0.4, -0.2) is 29.0 Å². The van der Waals surface area contributed by atoms with Gasteiger partial charge in [0.2, 0.25) is 5.91 Å². The van der Waals surface area contributed by atoms with Gasteiger partial charge in [0, 0.05) is 17.4 Å². The zero-order chi connectivity index (χ0) is 16.6. The lowest BCUT2D eigenvalue weighted by molar-refractivity contribution is -0.145. The molecule has 0 spiro atoms. The largest absolute Gasteiger partial charge is 0.496 e. The van der Waals surface area contributed by atoms with Gasteiger partial charge >= 0.3 is 5.97 Å². The Labute approximate surface area is 138 Å². The summed E-state index contributed by atoms with van der Waals surface area (Å²) in [5.41, 5.74) is 3.18. The molecule has 1 unspecified atom stereocenters. The Balaban J connectivity index is 2.30. The number of carbonyl (C=O) groups is 2. The smallest absolute Gasteiger partial charge is 0.306 e. The second-order valence-electron chi connectivity index (χ2n) is 5.72. The highest BCUT2D eigenvalue weighted by Crippen LogP contribution is 2.43. The van der Waals surface area contributed by atoms with E-state index in [0.717, 1.165) is 26.9 Å². The Hall–Kier alpha value is -1.56. The fraction of sp³-hybridized carbons (Fsp3) is 0.500. The summed E-state index contributed by atoms with van der Waals surface area (Å²) in [7, 11) is 1.62. The van der Waals surface area contributed by atoms with E-state index in [2.05, 4.69) is 15.9 Å². The molecule has 0 aromatic heterocycles. The molecular formula is C16H20BrNO4. The molecule has 1 aromatic rings. The number of nitrogens with zero attached hydrogens (tertiary/aromatic N) is 1. The molecule has 2 atom stereocenters. The van der Waals surface area contributed by atoms with Gasteiger partial charge in [0.25, 0.3) is 0 Å². The van der Waals surface area contributed by atoms with Crippen LogP contribution in [0.3, 0.4) is 0 Å². The summed E-state index contributed by atoms with van der Waals surface area (Å²) in [6.07, 6.45) is 0.0153. The molecule has 6 heteroatoms. The number of carbonyl (C=O) groups excluding carboxylic acids is 1. The minimum absolute atomic E-state index is 0.0153. The van der Waals surface area contributed by atoms with Crippen LogP contribution in [0.25, 0.3) is 0 Å². The third-order valence-electron chi connectivity index (χ3n) is 4.32. The van der Waals surface area contributed by atoms with Gasteiger partial charge in [-0.3, -0.25) is 9.59 Å². The molecule has 0 saturated heterocycles. The molecule has 1 aliphatic rings. The van der Waals surface area contributed by atoms with Crippen molar-refractivity contribution in [2.75, 3.05) is 7.11 Å². The van der Waals surface area contributed by atoms with Crippen molar-refractivity contribution in [3.63, 3.8) is 0 Å². The lowest BCUT2D eigenvalue weighted by atomic mass is 10.0. The minimum atomic E-state index is -0.947. The fourth-order valence-electron chi connectivity index (χ4n) is 2.90. The summed E-state index contributed by atoms with van der Waals surface area (Å²) in [6, 6.07) is 1.83. The van der Waals surface area contributed by atoms with E-state index in [4.69, 9.17) is 9.84 Å². The van der Waals surface area contributed by atoms with Gasteiger partial charge in [-0.05, 0) is 36.6 Å². The molecule has 5 nitrogen and oxygen atoms in total. The summed E-state index contributed by atoms with van der Waals surface area (Å²) in [4.78, 5) is 25.1. The molecule has 2 rings (SSSR count). The van der Waals surface area contributed by atoms with Gasteiger partial charge in [0.15, 0.2) is 0 Å². The predicted octanol–water partition coefficient (Wildman–Crippen LogP) is 3.28. The van der Waals surface area contributed by atoms with E-state index < -0.39 is 11.9 Å². The van der Waals surface area contributed by atoms with Crippen molar-refractivity contribution >= 4 is 27.8 Å². The number of carboxylic acid groups (broad SMARTS) is 1. The fourth-order valence-corrected chi connectivity index (χ4v) is 3.68. The third kappa shape index (κ3) is 2.84. The average molecular weight is 370 g/mol. The molecular weight excluding hydrogens is 350 g/mol. The van der Waals surface area contributed by atoms with Gasteiger partial charge in [-0.2, -0.15) is 0 Å². The van der Waals surface area contributed by atoms with Crippen LogP contribution in [0.5, 0.6) is 5.75 Å². The number of aliphatic carboxylic acids is 1. The quantitative estimate of drug-likeness (QED) is 0.883. The van der Waals surface area contributed by atoms with Crippen LogP contribution in [0, 0.1) is 12.8 Å². The first-order valence-electron chi connectivity index (χ1n) is 7.16. The van der Waals surface area contributed by atoms with Crippen LogP contribution in [0.15, 0.2) is 10.5 Å². The van der Waals surface area contributed by atoms with Crippen LogP contribution >= 0.6 is 15.9 Å². The Kier molecular flexibility index (Phi) is 4.80. The monoisotopic (exact) mass is 369 g/mol. The van der Waals surface area contributed by atoms with Gasteiger partial charge in [0.05, 0.1) is 19.1 Å². The van der Waals surface area contributed by atoms with Gasteiger partial charge in [-0.25, -0.2) is 0 Å². The van der Waals surface area contributed by atoms with E-state index in [1.54, 1.807) is 18.9 Å². The Bertz CT molecular complexity index is 629. The van der Waals surface area contributed by atoms with E-state index in [0.29, 0.717) is 6.54 Å². The topological polar surface area (TPSA) is 66.8 Å². The standard InChI is InChI=1S/C16H20BrNO4/c1-8(16(20)21)5-14(19)18-7-11-9(2)13(22-4)6-12(17)15(11)10(18)3/h6,8,10H,5,7H2,1-4H3,(H,20,21)/t8-,10?/m0/s1. The summed E-state index contributed by atoms with van der Waals surface area (Å²) in [6.45, 7) is 5.98. The molecule has 1 N–H and O–H groups in total. The zero-order valence-corrected chi connectivity index (χ0v) is 14.7. The van der Waals surface area contributed by atoms with Crippen LogP contribution in [0.1, 0.15) is 43.0 Å². The van der Waals surface area contributed by atoms with E-state index in [9.17, 15) is 9.59 Å². The summed E-state index contributed by atoms with van der Waals surface area (Å²) >= 11 is 3.55. The van der Waals surface area contributed by atoms with Gasteiger partial charge in [-0.1, -0.05) is 22.9 Å². The average Bonchev–Trinajstić information content (AvgIpc) is 2.81. The number of carboxylic acids is 1. The van der Waals surface area contributed by atoms with Crippen molar-refractivity contribution in [2.45, 2.75) is 39.8 Å². The van der Waals surface area contributed by atoms with Crippen molar-refractivity contribution in [2.24, 2.45) is 5.92 Å². The third-order valence-corrected chi connectivity index (χ3v) is 4.97. The minimum Gasteiger partial charge on any atom is -0.496 e.